The van der Waals surface area contributed by atoms with Gasteiger partial charge in [0.2, 0.25) is 0 Å². The number of hydrogen-bond acceptors (Lipinski definition) is 5. The number of aromatic hydroxyl groups is 1. The topological polar surface area (TPSA) is 67.8 Å². The van der Waals surface area contributed by atoms with Gasteiger partial charge in [0.15, 0.2) is 11.5 Å². The Labute approximate surface area is 228 Å². The molecule has 2 heterocycles. The number of phenolic OH excluding ortho intramolecular Hbond substituents is 1. The number of carbonyl (C=O) groups excluding carboxylic acids is 1. The SMILES string of the molecule is COc1c(O)ccc2c1-c1ccc3c(c1/C(=C/c1ccccc1-c1cccc(C=O)c1)O2)C(C)=CC(C)(C)N3. The summed E-state index contributed by atoms with van der Waals surface area (Å²) in [7, 11) is 1.55. The van der Waals surface area contributed by atoms with Crippen LogP contribution in [0.4, 0.5) is 5.69 Å². The summed E-state index contributed by atoms with van der Waals surface area (Å²) < 4.78 is 12.3. The van der Waals surface area contributed by atoms with Crippen LogP contribution in [0.15, 0.2) is 78.9 Å². The lowest BCUT2D eigenvalue weighted by atomic mass is 9.82. The lowest BCUT2D eigenvalue weighted by Gasteiger charge is -2.35. The molecule has 0 amide bonds. The fourth-order valence-corrected chi connectivity index (χ4v) is 5.76. The number of nitrogens with one attached hydrogen (secondary N) is 1. The van der Waals surface area contributed by atoms with Crippen molar-refractivity contribution in [3.63, 3.8) is 0 Å². The molecule has 0 aliphatic carbocycles. The first-order chi connectivity index (χ1) is 18.8. The molecule has 0 radical (unpaired) electrons. The summed E-state index contributed by atoms with van der Waals surface area (Å²) in [4.78, 5) is 11.5. The van der Waals surface area contributed by atoms with Crippen LogP contribution in [0.2, 0.25) is 0 Å². The molecule has 2 aliphatic heterocycles. The first-order valence-electron chi connectivity index (χ1n) is 12.9. The standard InChI is InChI=1S/C34H29NO4/c1-20-18-34(2,3)35-26-13-12-25-31(30(20)26)29(39-28-15-14-27(37)33(38-4)32(25)28)17-23-9-5-6-11-24(23)22-10-7-8-21(16-22)19-36/h5-19,35,37H,1-4H3/b29-17-. The van der Waals surface area contributed by atoms with Gasteiger partial charge in [0.05, 0.1) is 18.2 Å². The van der Waals surface area contributed by atoms with Crippen molar-refractivity contribution in [2.75, 3.05) is 12.4 Å². The van der Waals surface area contributed by atoms with E-state index in [1.54, 1.807) is 25.3 Å². The van der Waals surface area contributed by atoms with Crippen LogP contribution in [0, 0.1) is 0 Å². The fraction of sp³-hybridized carbons (Fsp3) is 0.147. The van der Waals surface area contributed by atoms with E-state index in [4.69, 9.17) is 9.47 Å². The van der Waals surface area contributed by atoms with Crippen LogP contribution in [-0.2, 0) is 0 Å². The van der Waals surface area contributed by atoms with E-state index in [0.717, 1.165) is 56.5 Å². The third-order valence-corrected chi connectivity index (χ3v) is 7.25. The third-order valence-electron chi connectivity index (χ3n) is 7.25. The second-order valence-electron chi connectivity index (χ2n) is 10.5. The van der Waals surface area contributed by atoms with E-state index in [1.807, 2.05) is 42.5 Å². The quantitative estimate of drug-likeness (QED) is 0.269. The molecular weight excluding hydrogens is 486 g/mol. The summed E-state index contributed by atoms with van der Waals surface area (Å²) in [5, 5.41) is 14.3. The molecule has 4 aromatic carbocycles. The monoisotopic (exact) mass is 515 g/mol. The van der Waals surface area contributed by atoms with Crippen LogP contribution in [0.3, 0.4) is 0 Å². The summed E-state index contributed by atoms with van der Waals surface area (Å²) in [5.41, 5.74) is 9.09. The minimum atomic E-state index is -0.200. The van der Waals surface area contributed by atoms with E-state index in [0.29, 0.717) is 22.8 Å². The molecule has 0 unspecified atom stereocenters. The maximum Gasteiger partial charge on any atom is 0.172 e. The average Bonchev–Trinajstić information content (AvgIpc) is 2.92. The number of phenols is 1. The predicted molar refractivity (Wildman–Crippen MR) is 157 cm³/mol. The molecule has 0 saturated carbocycles. The summed E-state index contributed by atoms with van der Waals surface area (Å²) in [5.74, 6) is 1.73. The zero-order valence-corrected chi connectivity index (χ0v) is 22.3. The van der Waals surface area contributed by atoms with Crippen LogP contribution in [0.5, 0.6) is 17.2 Å². The van der Waals surface area contributed by atoms with Gasteiger partial charge in [-0.15, -0.1) is 0 Å². The number of hydrogen-bond donors (Lipinski definition) is 2. The van der Waals surface area contributed by atoms with Crippen LogP contribution in [-0.4, -0.2) is 24.0 Å². The first kappa shape index (κ1) is 24.6. The highest BCUT2D eigenvalue weighted by atomic mass is 16.5. The molecule has 0 bridgehead atoms. The van der Waals surface area contributed by atoms with Gasteiger partial charge in [-0.2, -0.15) is 0 Å². The number of ether oxygens (including phenoxy) is 2. The molecule has 0 fully saturated rings. The van der Waals surface area contributed by atoms with E-state index in [2.05, 4.69) is 50.4 Å². The van der Waals surface area contributed by atoms with E-state index >= 15 is 0 Å². The Balaban J connectivity index is 1.63. The number of aldehydes is 1. The number of benzene rings is 4. The van der Waals surface area contributed by atoms with E-state index < -0.39 is 0 Å². The van der Waals surface area contributed by atoms with Gasteiger partial charge in [0.1, 0.15) is 17.8 Å². The zero-order chi connectivity index (χ0) is 27.3. The highest BCUT2D eigenvalue weighted by Crippen LogP contribution is 2.54. The Bertz CT molecular complexity index is 1710. The molecule has 194 valence electrons. The van der Waals surface area contributed by atoms with Crippen molar-refractivity contribution in [3.05, 3.63) is 101 Å². The molecule has 5 heteroatoms. The van der Waals surface area contributed by atoms with Crippen LogP contribution in [0.1, 0.15) is 47.8 Å². The van der Waals surface area contributed by atoms with Crippen molar-refractivity contribution >= 4 is 29.4 Å². The number of methoxy groups -OCH3 is 1. The Morgan fingerprint density at radius 1 is 0.923 bits per heavy atom. The number of fused-ring (bicyclic) bond motifs is 5. The Kier molecular flexibility index (Phi) is 5.80. The highest BCUT2D eigenvalue weighted by Gasteiger charge is 2.33. The molecule has 5 nitrogen and oxygen atoms in total. The molecule has 6 rings (SSSR count). The number of carbonyl (C=O) groups is 1. The van der Waals surface area contributed by atoms with E-state index in [9.17, 15) is 9.90 Å². The van der Waals surface area contributed by atoms with Crippen molar-refractivity contribution < 1.29 is 19.4 Å². The molecule has 39 heavy (non-hydrogen) atoms. The molecule has 0 atom stereocenters. The minimum Gasteiger partial charge on any atom is -0.504 e. The molecule has 2 aliphatic rings. The summed E-state index contributed by atoms with van der Waals surface area (Å²) >= 11 is 0. The first-order valence-corrected chi connectivity index (χ1v) is 12.9. The highest BCUT2D eigenvalue weighted by molar-refractivity contribution is 6.03. The summed E-state index contributed by atoms with van der Waals surface area (Å²) in [6.45, 7) is 6.41. The van der Waals surface area contributed by atoms with Crippen molar-refractivity contribution in [3.8, 4) is 39.5 Å². The molecular formula is C34H29NO4. The average molecular weight is 516 g/mol. The Morgan fingerprint density at radius 2 is 1.74 bits per heavy atom. The van der Waals surface area contributed by atoms with E-state index in [1.165, 1.54) is 0 Å². The van der Waals surface area contributed by atoms with Gasteiger partial charge in [0, 0.05) is 27.9 Å². The maximum atomic E-state index is 11.5. The minimum absolute atomic E-state index is 0.0582. The summed E-state index contributed by atoms with van der Waals surface area (Å²) in [6, 6.07) is 23.2. The lowest BCUT2D eigenvalue weighted by Crippen LogP contribution is -2.32. The number of anilines is 1. The van der Waals surface area contributed by atoms with Crippen LogP contribution in [0.25, 0.3) is 39.7 Å². The van der Waals surface area contributed by atoms with Crippen molar-refractivity contribution in [1.82, 2.24) is 0 Å². The smallest absolute Gasteiger partial charge is 0.172 e. The second kappa shape index (κ2) is 9.21. The van der Waals surface area contributed by atoms with Gasteiger partial charge in [-0.1, -0.05) is 54.6 Å². The van der Waals surface area contributed by atoms with Gasteiger partial charge in [-0.05, 0) is 73.4 Å². The van der Waals surface area contributed by atoms with Crippen molar-refractivity contribution in [2.45, 2.75) is 26.3 Å². The molecule has 2 N–H and O–H groups in total. The van der Waals surface area contributed by atoms with Gasteiger partial charge < -0.3 is 19.9 Å². The number of allylic oxidation sites excluding steroid dienone is 1. The fourth-order valence-electron chi connectivity index (χ4n) is 5.76. The van der Waals surface area contributed by atoms with Gasteiger partial charge in [0.25, 0.3) is 0 Å². The normalized spacial score (nSPS) is 15.7. The van der Waals surface area contributed by atoms with Crippen molar-refractivity contribution in [2.24, 2.45) is 0 Å². The number of rotatable bonds is 4. The molecule has 0 spiro atoms. The van der Waals surface area contributed by atoms with Crippen LogP contribution < -0.4 is 14.8 Å². The molecule has 0 saturated heterocycles. The van der Waals surface area contributed by atoms with Gasteiger partial charge >= 0.3 is 0 Å². The maximum absolute atomic E-state index is 11.5. The second-order valence-corrected chi connectivity index (χ2v) is 10.5. The summed E-state index contributed by atoms with van der Waals surface area (Å²) in [6.07, 6.45) is 5.14. The Hall–Kier alpha value is -4.77. The van der Waals surface area contributed by atoms with Gasteiger partial charge in [-0.3, -0.25) is 4.79 Å². The van der Waals surface area contributed by atoms with Crippen LogP contribution >= 0.6 is 0 Å². The predicted octanol–water partition coefficient (Wildman–Crippen LogP) is 8.05. The van der Waals surface area contributed by atoms with Crippen molar-refractivity contribution in [1.29, 1.82) is 0 Å². The third kappa shape index (κ3) is 4.16. The largest absolute Gasteiger partial charge is 0.504 e. The lowest BCUT2D eigenvalue weighted by molar-refractivity contribution is 0.112. The molecule has 0 aromatic heterocycles. The molecule has 4 aromatic rings. The van der Waals surface area contributed by atoms with Gasteiger partial charge in [-0.25, -0.2) is 0 Å². The zero-order valence-electron chi connectivity index (χ0n) is 22.3. The Morgan fingerprint density at radius 3 is 2.54 bits per heavy atom. The van der Waals surface area contributed by atoms with E-state index in [-0.39, 0.29) is 11.3 Å².